The van der Waals surface area contributed by atoms with E-state index in [9.17, 15) is 4.79 Å². The van der Waals surface area contributed by atoms with Gasteiger partial charge in [-0.15, -0.1) is 0 Å². The molecule has 0 bridgehead atoms. The molecule has 0 N–H and O–H groups in total. The number of hydrogen-bond acceptors (Lipinski definition) is 7. The van der Waals surface area contributed by atoms with Gasteiger partial charge in [-0.1, -0.05) is 66.4 Å². The van der Waals surface area contributed by atoms with Crippen LogP contribution in [0, 0.1) is 0 Å². The Morgan fingerprint density at radius 3 is 2.53 bits per heavy atom. The average molecular weight is 514 g/mol. The number of carbonyl (C=O) groups excluding carboxylic acids is 1. The molecule has 2 unspecified atom stereocenters. The Balaban J connectivity index is 1.32. The molecule has 2 atom stereocenters. The number of hydrazone groups is 1. The fourth-order valence-corrected chi connectivity index (χ4v) is 5.85. The molecule has 1 fully saturated rings. The fourth-order valence-electron chi connectivity index (χ4n) is 4.67. The van der Waals surface area contributed by atoms with Crippen LogP contribution in [0.2, 0.25) is 0 Å². The third-order valence-electron chi connectivity index (χ3n) is 6.63. The van der Waals surface area contributed by atoms with E-state index < -0.39 is 0 Å². The van der Waals surface area contributed by atoms with Crippen LogP contribution in [-0.4, -0.2) is 40.0 Å². The van der Waals surface area contributed by atoms with Gasteiger partial charge >= 0.3 is 0 Å². The van der Waals surface area contributed by atoms with Gasteiger partial charge in [0.2, 0.25) is 6.23 Å². The Hall–Kier alpha value is -3.62. The van der Waals surface area contributed by atoms with Crippen molar-refractivity contribution in [1.29, 1.82) is 0 Å². The number of hydrogen-bond donors (Lipinski definition) is 0. The Bertz CT molecular complexity index is 1420. The van der Waals surface area contributed by atoms with Crippen LogP contribution in [0.15, 0.2) is 82.8 Å². The lowest BCUT2D eigenvalue weighted by Gasteiger charge is -2.38. The van der Waals surface area contributed by atoms with Gasteiger partial charge in [0.05, 0.1) is 23.8 Å². The second-order valence-electron chi connectivity index (χ2n) is 8.79. The average Bonchev–Trinajstić information content (AvgIpc) is 3.46. The minimum Gasteiger partial charge on any atom is -0.497 e. The van der Waals surface area contributed by atoms with Gasteiger partial charge in [0.15, 0.2) is 0 Å². The number of thioether (sulfide) groups is 1. The monoisotopic (exact) mass is 513 g/mol. The van der Waals surface area contributed by atoms with E-state index >= 15 is 0 Å². The summed E-state index contributed by atoms with van der Waals surface area (Å²) in [7, 11) is 3.37. The van der Waals surface area contributed by atoms with Gasteiger partial charge in [-0.2, -0.15) is 5.10 Å². The number of methoxy groups -OCH3 is 1. The quantitative estimate of drug-likeness (QED) is 0.326. The Morgan fingerprint density at radius 1 is 1.08 bits per heavy atom. The summed E-state index contributed by atoms with van der Waals surface area (Å²) in [5.74, 6) is 1.63. The molecule has 0 aliphatic carbocycles. The molecule has 1 saturated heterocycles. The van der Waals surface area contributed by atoms with Gasteiger partial charge in [0.25, 0.3) is 5.91 Å². The molecule has 0 radical (unpaired) electrons. The molecule has 180 valence electrons. The highest BCUT2D eigenvalue weighted by molar-refractivity contribution is 8.26. The van der Waals surface area contributed by atoms with Crippen LogP contribution in [0.25, 0.3) is 6.08 Å². The van der Waals surface area contributed by atoms with Crippen molar-refractivity contribution in [2.24, 2.45) is 5.10 Å². The molecule has 6 nitrogen and oxygen atoms in total. The number of likely N-dealkylation sites (N-methyl/N-ethyl adjacent to an activating group) is 1. The summed E-state index contributed by atoms with van der Waals surface area (Å²) >= 11 is 6.56. The van der Waals surface area contributed by atoms with Gasteiger partial charge in [-0.05, 0) is 47.5 Å². The summed E-state index contributed by atoms with van der Waals surface area (Å²) in [5, 5.41) is 7.10. The second kappa shape index (κ2) is 9.11. The van der Waals surface area contributed by atoms with E-state index in [1.165, 1.54) is 16.7 Å². The number of carbonyl (C=O) groups is 1. The first-order valence-corrected chi connectivity index (χ1v) is 12.8. The summed E-state index contributed by atoms with van der Waals surface area (Å²) < 4.78 is 12.4. The number of rotatable bonds is 4. The van der Waals surface area contributed by atoms with E-state index in [0.717, 1.165) is 45.9 Å². The maximum absolute atomic E-state index is 12.4. The summed E-state index contributed by atoms with van der Waals surface area (Å²) in [5.41, 5.74) is 5.16. The van der Waals surface area contributed by atoms with E-state index in [1.54, 1.807) is 14.2 Å². The van der Waals surface area contributed by atoms with E-state index in [-0.39, 0.29) is 18.2 Å². The predicted octanol–water partition coefficient (Wildman–Crippen LogP) is 5.77. The smallest absolute Gasteiger partial charge is 0.265 e. The number of fused-ring (bicyclic) bond motifs is 3. The van der Waals surface area contributed by atoms with Gasteiger partial charge in [-0.25, -0.2) is 5.01 Å². The van der Waals surface area contributed by atoms with E-state index in [2.05, 4.69) is 11.1 Å². The number of nitrogens with zero attached hydrogens (tertiary/aromatic N) is 3. The van der Waals surface area contributed by atoms with Gasteiger partial charge in [0.1, 0.15) is 15.8 Å². The van der Waals surface area contributed by atoms with Crippen LogP contribution >= 0.6 is 24.0 Å². The number of thiocarbonyl (C=S) groups is 1. The largest absolute Gasteiger partial charge is 0.497 e. The molecule has 3 aromatic rings. The van der Waals surface area contributed by atoms with Crippen LogP contribution in [0.5, 0.6) is 11.5 Å². The Morgan fingerprint density at radius 2 is 1.83 bits per heavy atom. The van der Waals surface area contributed by atoms with E-state index in [4.69, 9.17) is 26.8 Å². The fraction of sp³-hybridized carbons (Fsp3) is 0.179. The molecule has 0 spiro atoms. The highest BCUT2D eigenvalue weighted by atomic mass is 32.2. The third kappa shape index (κ3) is 3.96. The van der Waals surface area contributed by atoms with E-state index in [1.807, 2.05) is 72.8 Å². The number of para-hydroxylation sites is 1. The highest BCUT2D eigenvalue weighted by Gasteiger charge is 2.40. The number of amides is 1. The van der Waals surface area contributed by atoms with Crippen molar-refractivity contribution in [2.45, 2.75) is 18.7 Å². The van der Waals surface area contributed by atoms with Crippen LogP contribution in [-0.2, 0) is 4.79 Å². The standard InChI is InChI=1S/C28H23N3O3S2/c1-30-26(32)25(36-28(30)35)15-17-7-9-19(10-8-17)27-31-23(21-5-3-4-6-24(21)34-27)16-22(29-31)18-11-13-20(33-2)14-12-18/h3-15,23,27H,16H2,1-2H3/b25-15-. The predicted molar refractivity (Wildman–Crippen MR) is 146 cm³/mol. The lowest BCUT2D eigenvalue weighted by molar-refractivity contribution is -0.121. The van der Waals surface area contributed by atoms with E-state index in [0.29, 0.717) is 9.23 Å². The Labute approximate surface area is 219 Å². The molecule has 0 saturated carbocycles. The first kappa shape index (κ1) is 22.8. The van der Waals surface area contributed by atoms with Crippen molar-refractivity contribution in [1.82, 2.24) is 9.91 Å². The van der Waals surface area contributed by atoms with Crippen molar-refractivity contribution < 1.29 is 14.3 Å². The molecule has 3 aromatic carbocycles. The van der Waals surface area contributed by atoms with Crippen LogP contribution < -0.4 is 9.47 Å². The van der Waals surface area contributed by atoms with Crippen molar-refractivity contribution in [3.63, 3.8) is 0 Å². The normalized spacial score (nSPS) is 21.8. The second-order valence-corrected chi connectivity index (χ2v) is 10.5. The van der Waals surface area contributed by atoms with Crippen LogP contribution in [0.3, 0.4) is 0 Å². The van der Waals surface area contributed by atoms with Gasteiger partial charge in [0, 0.05) is 24.6 Å². The molecular formula is C28H23N3O3S2. The lowest BCUT2D eigenvalue weighted by atomic mass is 9.96. The molecule has 3 aliphatic heterocycles. The zero-order valence-electron chi connectivity index (χ0n) is 19.8. The van der Waals surface area contributed by atoms with Crippen LogP contribution in [0.1, 0.15) is 40.9 Å². The highest BCUT2D eigenvalue weighted by Crippen LogP contribution is 2.47. The molecular weight excluding hydrogens is 490 g/mol. The molecule has 36 heavy (non-hydrogen) atoms. The molecule has 6 rings (SSSR count). The first-order chi connectivity index (χ1) is 17.5. The molecule has 8 heteroatoms. The third-order valence-corrected chi connectivity index (χ3v) is 8.11. The Kier molecular flexibility index (Phi) is 5.78. The molecule has 3 heterocycles. The molecule has 3 aliphatic rings. The summed E-state index contributed by atoms with van der Waals surface area (Å²) in [6.45, 7) is 0. The minimum absolute atomic E-state index is 0.0680. The topological polar surface area (TPSA) is 54.4 Å². The van der Waals surface area contributed by atoms with Crippen molar-refractivity contribution >= 4 is 46.0 Å². The summed E-state index contributed by atoms with van der Waals surface area (Å²) in [4.78, 5) is 14.5. The van der Waals surface area contributed by atoms with Crippen molar-refractivity contribution in [2.75, 3.05) is 14.2 Å². The number of ether oxygens (including phenoxy) is 2. The molecule has 1 amide bonds. The number of benzene rings is 3. The SMILES string of the molecule is COc1ccc(C2=NN3C(C2)c2ccccc2OC3c2ccc(/C=C3\SC(=S)N(C)C3=O)cc2)cc1. The zero-order valence-corrected chi connectivity index (χ0v) is 21.4. The minimum atomic E-state index is -0.358. The zero-order chi connectivity index (χ0) is 24.8. The maximum Gasteiger partial charge on any atom is 0.265 e. The first-order valence-electron chi connectivity index (χ1n) is 11.6. The van der Waals surface area contributed by atoms with Gasteiger partial charge in [-0.3, -0.25) is 9.69 Å². The maximum atomic E-state index is 12.4. The van der Waals surface area contributed by atoms with Crippen molar-refractivity contribution in [3.05, 3.63) is 100.0 Å². The summed E-state index contributed by atoms with van der Waals surface area (Å²) in [6.07, 6.45) is 2.31. The molecule has 0 aromatic heterocycles. The van der Waals surface area contributed by atoms with Gasteiger partial charge < -0.3 is 9.47 Å². The lowest BCUT2D eigenvalue weighted by Crippen LogP contribution is -2.33. The van der Waals surface area contributed by atoms with Crippen LogP contribution in [0.4, 0.5) is 0 Å². The van der Waals surface area contributed by atoms with Crippen molar-refractivity contribution in [3.8, 4) is 11.5 Å². The summed E-state index contributed by atoms with van der Waals surface area (Å²) in [6, 6.07) is 24.4.